The minimum atomic E-state index is 0.627. The number of anilines is 2. The van der Waals surface area contributed by atoms with Crippen LogP contribution in [0.15, 0.2) is 30.3 Å². The molecule has 0 radical (unpaired) electrons. The van der Waals surface area contributed by atoms with Gasteiger partial charge in [-0.05, 0) is 19.1 Å². The minimum Gasteiger partial charge on any atom is -0.475 e. The number of aromatic nitrogens is 2. The summed E-state index contributed by atoms with van der Waals surface area (Å²) in [4.78, 5) is 4.66. The molecule has 0 aliphatic carbocycles. The lowest BCUT2D eigenvalue weighted by Gasteiger charge is -2.36. The van der Waals surface area contributed by atoms with Gasteiger partial charge < -0.3 is 14.5 Å². The molecule has 0 N–H and O–H groups in total. The molecule has 3 rings (SSSR count). The molecule has 0 bridgehead atoms. The van der Waals surface area contributed by atoms with Gasteiger partial charge in [0, 0.05) is 31.9 Å². The third-order valence-electron chi connectivity index (χ3n) is 3.42. The second-order valence-corrected chi connectivity index (χ2v) is 5.16. The molecule has 2 aromatic rings. The average molecular weight is 290 g/mol. The normalized spacial score (nSPS) is 15.4. The zero-order valence-electron chi connectivity index (χ0n) is 11.5. The van der Waals surface area contributed by atoms with E-state index in [4.69, 9.17) is 4.74 Å². The van der Waals surface area contributed by atoms with Crippen molar-refractivity contribution in [2.24, 2.45) is 0 Å². The Balaban J connectivity index is 1.65. The molecule has 1 aromatic carbocycles. The van der Waals surface area contributed by atoms with Crippen LogP contribution in [-0.2, 0) is 0 Å². The van der Waals surface area contributed by atoms with Crippen molar-refractivity contribution < 1.29 is 4.74 Å². The van der Waals surface area contributed by atoms with E-state index in [1.165, 1.54) is 17.4 Å². The molecule has 1 aliphatic rings. The maximum absolute atomic E-state index is 5.52. The van der Waals surface area contributed by atoms with E-state index in [9.17, 15) is 0 Å². The first kappa shape index (κ1) is 13.2. The van der Waals surface area contributed by atoms with Gasteiger partial charge in [0.25, 0.3) is 5.88 Å². The van der Waals surface area contributed by atoms with Crippen LogP contribution in [0.2, 0.25) is 0 Å². The molecular weight excluding hydrogens is 272 g/mol. The number of ether oxygens (including phenoxy) is 1. The third kappa shape index (κ3) is 2.70. The molecule has 5 nitrogen and oxygen atoms in total. The highest BCUT2D eigenvalue weighted by Gasteiger charge is 2.22. The Kier molecular flexibility index (Phi) is 4.01. The SMILES string of the molecule is CCOc1nsnc1N1CCN(c2ccccc2)CC1. The van der Waals surface area contributed by atoms with E-state index in [0.29, 0.717) is 12.5 Å². The molecular formula is C14H18N4OS. The van der Waals surface area contributed by atoms with Gasteiger partial charge in [0.2, 0.25) is 5.82 Å². The van der Waals surface area contributed by atoms with Crippen molar-refractivity contribution in [2.45, 2.75) is 6.92 Å². The van der Waals surface area contributed by atoms with Crippen LogP contribution in [0.3, 0.4) is 0 Å². The number of piperazine rings is 1. The number of hydrogen-bond donors (Lipinski definition) is 0. The van der Waals surface area contributed by atoms with Crippen molar-refractivity contribution in [1.82, 2.24) is 8.75 Å². The van der Waals surface area contributed by atoms with Gasteiger partial charge in [-0.25, -0.2) is 0 Å². The van der Waals surface area contributed by atoms with Gasteiger partial charge in [-0.2, -0.15) is 4.37 Å². The number of hydrogen-bond acceptors (Lipinski definition) is 6. The van der Waals surface area contributed by atoms with Crippen molar-refractivity contribution in [3.05, 3.63) is 30.3 Å². The number of rotatable bonds is 4. The van der Waals surface area contributed by atoms with E-state index >= 15 is 0 Å². The molecule has 106 valence electrons. The van der Waals surface area contributed by atoms with E-state index in [-0.39, 0.29) is 0 Å². The zero-order chi connectivity index (χ0) is 13.8. The lowest BCUT2D eigenvalue weighted by molar-refractivity contribution is 0.329. The first-order valence-corrected chi connectivity index (χ1v) is 7.62. The van der Waals surface area contributed by atoms with Gasteiger partial charge in [-0.15, -0.1) is 4.37 Å². The Morgan fingerprint density at radius 1 is 1.05 bits per heavy atom. The van der Waals surface area contributed by atoms with Crippen LogP contribution in [0.4, 0.5) is 11.5 Å². The monoisotopic (exact) mass is 290 g/mol. The lowest BCUT2D eigenvalue weighted by atomic mass is 10.2. The highest BCUT2D eigenvalue weighted by Crippen LogP contribution is 2.27. The van der Waals surface area contributed by atoms with Gasteiger partial charge in [-0.1, -0.05) is 18.2 Å². The van der Waals surface area contributed by atoms with Gasteiger partial charge in [0.15, 0.2) is 0 Å². The van der Waals surface area contributed by atoms with Crippen molar-refractivity contribution in [3.63, 3.8) is 0 Å². The molecule has 1 aliphatic heterocycles. The predicted molar refractivity (Wildman–Crippen MR) is 81.9 cm³/mol. The molecule has 1 fully saturated rings. The summed E-state index contributed by atoms with van der Waals surface area (Å²) in [5.41, 5.74) is 1.29. The molecule has 0 saturated carbocycles. The standard InChI is InChI=1S/C14H18N4OS/c1-2-19-14-13(15-20-16-14)18-10-8-17(9-11-18)12-6-4-3-5-7-12/h3-7H,2,8-11H2,1H3. The maximum Gasteiger partial charge on any atom is 0.270 e. The smallest absolute Gasteiger partial charge is 0.270 e. The van der Waals surface area contributed by atoms with Gasteiger partial charge in [-0.3, -0.25) is 0 Å². The van der Waals surface area contributed by atoms with E-state index in [0.717, 1.165) is 32.0 Å². The van der Waals surface area contributed by atoms with E-state index in [2.05, 4.69) is 48.9 Å². The van der Waals surface area contributed by atoms with Crippen molar-refractivity contribution in [1.29, 1.82) is 0 Å². The quantitative estimate of drug-likeness (QED) is 0.864. The topological polar surface area (TPSA) is 41.5 Å². The molecule has 0 spiro atoms. The Hall–Kier alpha value is -1.82. The van der Waals surface area contributed by atoms with Gasteiger partial charge >= 0.3 is 0 Å². The summed E-state index contributed by atoms with van der Waals surface area (Å²) in [5.74, 6) is 1.57. The summed E-state index contributed by atoms with van der Waals surface area (Å²) in [5, 5.41) is 0. The molecule has 1 aromatic heterocycles. The summed E-state index contributed by atoms with van der Waals surface area (Å²) in [6, 6.07) is 10.5. The molecule has 20 heavy (non-hydrogen) atoms. The summed E-state index contributed by atoms with van der Waals surface area (Å²) in [6.07, 6.45) is 0. The summed E-state index contributed by atoms with van der Waals surface area (Å²) in [7, 11) is 0. The van der Waals surface area contributed by atoms with Gasteiger partial charge in [0.05, 0.1) is 18.3 Å². The fourth-order valence-electron chi connectivity index (χ4n) is 2.41. The maximum atomic E-state index is 5.52. The number of para-hydroxylation sites is 1. The predicted octanol–water partition coefficient (Wildman–Crippen LogP) is 2.26. The largest absolute Gasteiger partial charge is 0.475 e. The third-order valence-corrected chi connectivity index (χ3v) is 3.93. The highest BCUT2D eigenvalue weighted by molar-refractivity contribution is 6.99. The second kappa shape index (κ2) is 6.09. The Bertz CT molecular complexity index is 537. The van der Waals surface area contributed by atoms with Crippen LogP contribution < -0.4 is 14.5 Å². The van der Waals surface area contributed by atoms with E-state index < -0.39 is 0 Å². The first-order valence-electron chi connectivity index (χ1n) is 6.89. The highest BCUT2D eigenvalue weighted by atomic mass is 32.1. The van der Waals surface area contributed by atoms with E-state index in [1.54, 1.807) is 0 Å². The molecule has 2 heterocycles. The molecule has 0 unspecified atom stereocenters. The fraction of sp³-hybridized carbons (Fsp3) is 0.429. The average Bonchev–Trinajstić information content (AvgIpc) is 2.97. The Morgan fingerprint density at radius 3 is 2.45 bits per heavy atom. The van der Waals surface area contributed by atoms with Crippen molar-refractivity contribution >= 4 is 23.2 Å². The van der Waals surface area contributed by atoms with Crippen molar-refractivity contribution in [2.75, 3.05) is 42.6 Å². The van der Waals surface area contributed by atoms with Crippen LogP contribution in [0.25, 0.3) is 0 Å². The van der Waals surface area contributed by atoms with Crippen LogP contribution in [0, 0.1) is 0 Å². The molecule has 0 amide bonds. The minimum absolute atomic E-state index is 0.627. The lowest BCUT2D eigenvalue weighted by Crippen LogP contribution is -2.46. The van der Waals surface area contributed by atoms with Crippen LogP contribution in [-0.4, -0.2) is 41.5 Å². The van der Waals surface area contributed by atoms with Crippen LogP contribution in [0.1, 0.15) is 6.92 Å². The molecule has 0 atom stereocenters. The molecule has 1 saturated heterocycles. The summed E-state index contributed by atoms with van der Waals surface area (Å²) >= 11 is 1.22. The van der Waals surface area contributed by atoms with Crippen molar-refractivity contribution in [3.8, 4) is 5.88 Å². The summed E-state index contributed by atoms with van der Waals surface area (Å²) < 4.78 is 14.1. The first-order chi connectivity index (χ1) is 9.88. The molecule has 6 heteroatoms. The Morgan fingerprint density at radius 2 is 1.75 bits per heavy atom. The van der Waals surface area contributed by atoms with Crippen LogP contribution in [0.5, 0.6) is 5.88 Å². The fourth-order valence-corrected chi connectivity index (χ4v) is 2.93. The van der Waals surface area contributed by atoms with Gasteiger partial charge in [0.1, 0.15) is 0 Å². The number of benzene rings is 1. The zero-order valence-corrected chi connectivity index (χ0v) is 12.3. The van der Waals surface area contributed by atoms with E-state index in [1.807, 2.05) is 6.92 Å². The summed E-state index contributed by atoms with van der Waals surface area (Å²) in [6.45, 7) is 6.47. The second-order valence-electron chi connectivity index (χ2n) is 4.64. The Labute approximate surface area is 123 Å². The van der Waals surface area contributed by atoms with Crippen LogP contribution >= 0.6 is 11.7 Å². The number of nitrogens with zero attached hydrogens (tertiary/aromatic N) is 4.